The van der Waals surface area contributed by atoms with Crippen molar-refractivity contribution >= 4 is 11.5 Å². The number of hydrogen-bond acceptors (Lipinski definition) is 5. The number of nitrogens with two attached hydrogens (primary N) is 1. The molecular formula is C12H16N4S. The summed E-state index contributed by atoms with van der Waals surface area (Å²) >= 11 is 1.38. The first-order valence-corrected chi connectivity index (χ1v) is 6.28. The van der Waals surface area contributed by atoms with Crippen molar-refractivity contribution in [2.24, 2.45) is 5.84 Å². The van der Waals surface area contributed by atoms with Gasteiger partial charge in [0.15, 0.2) is 0 Å². The van der Waals surface area contributed by atoms with Gasteiger partial charge >= 0.3 is 0 Å². The molecule has 1 atom stereocenters. The lowest BCUT2D eigenvalue weighted by Crippen LogP contribution is -2.29. The number of aryl methyl sites for hydroxylation is 2. The van der Waals surface area contributed by atoms with Gasteiger partial charge in [-0.25, -0.2) is 0 Å². The van der Waals surface area contributed by atoms with E-state index in [0.29, 0.717) is 0 Å². The highest BCUT2D eigenvalue weighted by atomic mass is 32.1. The molecule has 0 radical (unpaired) electrons. The number of nitrogens with one attached hydrogen (secondary N) is 1. The Labute approximate surface area is 105 Å². The van der Waals surface area contributed by atoms with Crippen molar-refractivity contribution in [2.75, 3.05) is 0 Å². The third-order valence-electron chi connectivity index (χ3n) is 2.98. The van der Waals surface area contributed by atoms with E-state index in [-0.39, 0.29) is 6.04 Å². The Morgan fingerprint density at radius 2 is 2.06 bits per heavy atom. The Bertz CT molecular complexity index is 461. The molecule has 1 heterocycles. The van der Waals surface area contributed by atoms with Crippen molar-refractivity contribution in [3.63, 3.8) is 0 Å². The normalized spacial score (nSPS) is 12.6. The second kappa shape index (κ2) is 5.35. The lowest BCUT2D eigenvalue weighted by atomic mass is 9.96. The molecule has 1 unspecified atom stereocenters. The van der Waals surface area contributed by atoms with Gasteiger partial charge in [0, 0.05) is 0 Å². The number of nitrogens with zero attached hydrogens (tertiary/aromatic N) is 2. The molecule has 4 nitrogen and oxygen atoms in total. The van der Waals surface area contributed by atoms with E-state index >= 15 is 0 Å². The molecule has 0 aliphatic rings. The van der Waals surface area contributed by atoms with Gasteiger partial charge < -0.3 is 0 Å². The molecule has 0 fully saturated rings. The summed E-state index contributed by atoms with van der Waals surface area (Å²) in [5.74, 6) is 5.61. The van der Waals surface area contributed by atoms with Crippen molar-refractivity contribution < 1.29 is 0 Å². The second-order valence-corrected chi connectivity index (χ2v) is 4.93. The van der Waals surface area contributed by atoms with E-state index in [9.17, 15) is 0 Å². The summed E-state index contributed by atoms with van der Waals surface area (Å²) < 4.78 is 3.87. The van der Waals surface area contributed by atoms with Crippen molar-refractivity contribution in [3.8, 4) is 0 Å². The van der Waals surface area contributed by atoms with Gasteiger partial charge in [-0.05, 0) is 48.5 Å². The van der Waals surface area contributed by atoms with Crippen LogP contribution in [0.15, 0.2) is 24.4 Å². The minimum Gasteiger partial charge on any atom is -0.271 e. The first-order valence-electron chi connectivity index (χ1n) is 5.51. The molecule has 0 saturated carbocycles. The van der Waals surface area contributed by atoms with E-state index in [4.69, 9.17) is 5.84 Å². The molecule has 5 heteroatoms. The molecule has 3 N–H and O–H groups in total. The number of benzene rings is 1. The van der Waals surface area contributed by atoms with E-state index < -0.39 is 0 Å². The highest BCUT2D eigenvalue weighted by molar-refractivity contribution is 7.05. The van der Waals surface area contributed by atoms with Crippen LogP contribution in [0, 0.1) is 13.8 Å². The Kier molecular flexibility index (Phi) is 3.83. The van der Waals surface area contributed by atoms with Gasteiger partial charge in [0.25, 0.3) is 0 Å². The quantitative estimate of drug-likeness (QED) is 0.641. The zero-order valence-corrected chi connectivity index (χ0v) is 10.8. The molecule has 0 aliphatic heterocycles. The minimum absolute atomic E-state index is 0.0785. The van der Waals surface area contributed by atoms with Gasteiger partial charge in [-0.2, -0.15) is 0 Å². The Balaban J connectivity index is 2.25. The van der Waals surface area contributed by atoms with E-state index in [1.165, 1.54) is 28.2 Å². The molecule has 90 valence electrons. The summed E-state index contributed by atoms with van der Waals surface area (Å²) in [4.78, 5) is 1.06. The zero-order valence-electron chi connectivity index (χ0n) is 9.97. The molecule has 0 bridgehead atoms. The van der Waals surface area contributed by atoms with Crippen LogP contribution in [0.3, 0.4) is 0 Å². The summed E-state index contributed by atoms with van der Waals surface area (Å²) in [7, 11) is 0. The highest BCUT2D eigenvalue weighted by Gasteiger charge is 2.15. The SMILES string of the molecule is Cc1cccc(C)c1CC(NN)c1cnns1. The fraction of sp³-hybridized carbons (Fsp3) is 0.333. The monoisotopic (exact) mass is 248 g/mol. The number of aromatic nitrogens is 2. The van der Waals surface area contributed by atoms with Gasteiger partial charge in [0.2, 0.25) is 0 Å². The number of hydrogen-bond donors (Lipinski definition) is 2. The predicted octanol–water partition coefficient (Wildman–Crippen LogP) is 1.90. The average Bonchev–Trinajstić information content (AvgIpc) is 2.82. The van der Waals surface area contributed by atoms with Crippen LogP contribution < -0.4 is 11.3 Å². The van der Waals surface area contributed by atoms with Crippen LogP contribution in [0.25, 0.3) is 0 Å². The smallest absolute Gasteiger partial charge is 0.0670 e. The first kappa shape index (κ1) is 12.2. The van der Waals surface area contributed by atoms with Gasteiger partial charge in [-0.3, -0.25) is 11.3 Å². The molecule has 1 aromatic carbocycles. The molecular weight excluding hydrogens is 232 g/mol. The summed E-state index contributed by atoms with van der Waals surface area (Å²) in [6.07, 6.45) is 2.63. The Morgan fingerprint density at radius 3 is 2.59 bits per heavy atom. The van der Waals surface area contributed by atoms with Crippen LogP contribution in [0.2, 0.25) is 0 Å². The van der Waals surface area contributed by atoms with Crippen molar-refractivity contribution in [1.29, 1.82) is 0 Å². The molecule has 1 aromatic heterocycles. The lowest BCUT2D eigenvalue weighted by Gasteiger charge is -2.16. The summed E-state index contributed by atoms with van der Waals surface area (Å²) in [5.41, 5.74) is 6.76. The van der Waals surface area contributed by atoms with Gasteiger partial charge in [0.1, 0.15) is 0 Å². The highest BCUT2D eigenvalue weighted by Crippen LogP contribution is 2.23. The fourth-order valence-electron chi connectivity index (χ4n) is 1.95. The summed E-state index contributed by atoms with van der Waals surface area (Å²) in [6, 6.07) is 6.41. The predicted molar refractivity (Wildman–Crippen MR) is 69.6 cm³/mol. The summed E-state index contributed by atoms with van der Waals surface area (Å²) in [5, 5.41) is 3.85. The van der Waals surface area contributed by atoms with E-state index in [0.717, 1.165) is 11.3 Å². The average molecular weight is 248 g/mol. The summed E-state index contributed by atoms with van der Waals surface area (Å²) in [6.45, 7) is 4.25. The van der Waals surface area contributed by atoms with Crippen LogP contribution >= 0.6 is 11.5 Å². The van der Waals surface area contributed by atoms with E-state index in [1.807, 2.05) is 0 Å². The van der Waals surface area contributed by atoms with Crippen molar-refractivity contribution in [1.82, 2.24) is 15.0 Å². The maximum atomic E-state index is 5.61. The molecule has 17 heavy (non-hydrogen) atoms. The zero-order chi connectivity index (χ0) is 12.3. The lowest BCUT2D eigenvalue weighted by molar-refractivity contribution is 0.557. The third kappa shape index (κ3) is 2.69. The van der Waals surface area contributed by atoms with Gasteiger partial charge in [-0.1, -0.05) is 22.7 Å². The molecule has 0 spiro atoms. The van der Waals surface area contributed by atoms with Gasteiger partial charge in [-0.15, -0.1) is 5.10 Å². The van der Waals surface area contributed by atoms with Crippen LogP contribution in [0.5, 0.6) is 0 Å². The third-order valence-corrected chi connectivity index (χ3v) is 3.75. The maximum absolute atomic E-state index is 5.61. The fourth-order valence-corrected chi connectivity index (χ4v) is 2.51. The molecule has 2 rings (SSSR count). The molecule has 0 saturated heterocycles. The van der Waals surface area contributed by atoms with Crippen LogP contribution in [-0.4, -0.2) is 9.59 Å². The standard InChI is InChI=1S/C12H16N4S/c1-8-4-3-5-9(2)10(8)6-11(15-13)12-7-14-16-17-12/h3-5,7,11,15H,6,13H2,1-2H3. The van der Waals surface area contributed by atoms with Crippen molar-refractivity contribution in [2.45, 2.75) is 26.3 Å². The number of hydrazine groups is 1. The van der Waals surface area contributed by atoms with Gasteiger partial charge in [0.05, 0.1) is 17.1 Å². The largest absolute Gasteiger partial charge is 0.271 e. The first-order chi connectivity index (χ1) is 8.22. The minimum atomic E-state index is 0.0785. The maximum Gasteiger partial charge on any atom is 0.0670 e. The van der Waals surface area contributed by atoms with Crippen molar-refractivity contribution in [3.05, 3.63) is 46.0 Å². The van der Waals surface area contributed by atoms with E-state index in [2.05, 4.69) is 47.1 Å². The van der Waals surface area contributed by atoms with E-state index in [1.54, 1.807) is 6.20 Å². The number of rotatable bonds is 4. The molecule has 0 aliphatic carbocycles. The van der Waals surface area contributed by atoms with Crippen LogP contribution in [0.1, 0.15) is 27.6 Å². The molecule has 2 aromatic rings. The molecule has 0 amide bonds. The Hall–Kier alpha value is -1.30. The topological polar surface area (TPSA) is 63.8 Å². The van der Waals surface area contributed by atoms with Crippen LogP contribution in [-0.2, 0) is 6.42 Å². The second-order valence-electron chi connectivity index (χ2n) is 4.11. The van der Waals surface area contributed by atoms with Crippen LogP contribution in [0.4, 0.5) is 0 Å². The Morgan fingerprint density at radius 1 is 1.35 bits per heavy atom.